The fraction of sp³-hybridized carbons (Fsp3) is 0.467. The number of aromatic nitrogens is 3. The second-order valence-corrected chi connectivity index (χ2v) is 6.15. The normalized spacial score (nSPS) is 18.1. The zero-order valence-corrected chi connectivity index (χ0v) is 13.1. The number of alkyl halides is 2. The third-order valence-electron chi connectivity index (χ3n) is 3.89. The number of aliphatic hydroxyl groups is 1. The summed E-state index contributed by atoms with van der Waals surface area (Å²) in [4.78, 5) is 4.42. The Labute approximate surface area is 137 Å². The summed E-state index contributed by atoms with van der Waals surface area (Å²) in [6.07, 6.45) is 2.24. The molecule has 2 heterocycles. The van der Waals surface area contributed by atoms with Gasteiger partial charge in [-0.1, -0.05) is 11.6 Å². The molecule has 0 atom stereocenters. The number of hydrogen-bond donors (Lipinski definition) is 2. The Balaban J connectivity index is 1.75. The summed E-state index contributed by atoms with van der Waals surface area (Å²) in [6.45, 7) is -0.158. The molecule has 1 aliphatic carbocycles. The number of halogens is 3. The lowest BCUT2D eigenvalue weighted by Gasteiger charge is -2.29. The molecule has 0 spiro atoms. The van der Waals surface area contributed by atoms with E-state index in [4.69, 9.17) is 16.7 Å². The van der Waals surface area contributed by atoms with E-state index in [1.54, 1.807) is 24.4 Å². The van der Waals surface area contributed by atoms with E-state index in [0.717, 1.165) is 0 Å². The van der Waals surface area contributed by atoms with Crippen molar-refractivity contribution in [3.8, 4) is 5.82 Å². The molecule has 2 aromatic rings. The first kappa shape index (κ1) is 16.1. The van der Waals surface area contributed by atoms with Crippen molar-refractivity contribution in [1.82, 2.24) is 14.8 Å². The molecule has 0 bridgehead atoms. The monoisotopic (exact) mass is 342 g/mol. The van der Waals surface area contributed by atoms with Crippen molar-refractivity contribution in [3.05, 3.63) is 35.1 Å². The van der Waals surface area contributed by atoms with Crippen LogP contribution in [-0.2, 0) is 6.61 Å². The number of anilines is 1. The van der Waals surface area contributed by atoms with E-state index < -0.39 is 5.92 Å². The molecule has 0 saturated heterocycles. The molecule has 0 aromatic carbocycles. The van der Waals surface area contributed by atoms with Crippen molar-refractivity contribution in [3.63, 3.8) is 0 Å². The summed E-state index contributed by atoms with van der Waals surface area (Å²) in [5, 5.41) is 16.9. The molecule has 8 heteroatoms. The van der Waals surface area contributed by atoms with E-state index in [1.807, 2.05) is 0 Å². The van der Waals surface area contributed by atoms with Crippen molar-refractivity contribution in [2.45, 2.75) is 44.3 Å². The maximum absolute atomic E-state index is 13.2. The fourth-order valence-corrected chi connectivity index (χ4v) is 2.84. The molecule has 0 amide bonds. The van der Waals surface area contributed by atoms with Gasteiger partial charge in [-0.15, -0.1) is 0 Å². The van der Waals surface area contributed by atoms with E-state index in [1.165, 1.54) is 4.68 Å². The summed E-state index contributed by atoms with van der Waals surface area (Å²) in [5.74, 6) is -1.52. The number of aliphatic hydroxyl groups excluding tert-OH is 1. The van der Waals surface area contributed by atoms with E-state index in [-0.39, 0.29) is 25.5 Å². The van der Waals surface area contributed by atoms with Crippen LogP contribution in [0.3, 0.4) is 0 Å². The predicted octanol–water partition coefficient (Wildman–Crippen LogP) is 3.40. The summed E-state index contributed by atoms with van der Waals surface area (Å²) in [6, 6.07) is 4.95. The van der Waals surface area contributed by atoms with Crippen molar-refractivity contribution in [1.29, 1.82) is 0 Å². The summed E-state index contributed by atoms with van der Waals surface area (Å²) < 4.78 is 27.9. The molecule has 2 N–H and O–H groups in total. The zero-order chi connectivity index (χ0) is 16.4. The van der Waals surface area contributed by atoms with Crippen molar-refractivity contribution in [2.75, 3.05) is 5.32 Å². The Morgan fingerprint density at radius 2 is 2.09 bits per heavy atom. The van der Waals surface area contributed by atoms with Gasteiger partial charge in [-0.05, 0) is 25.0 Å². The quantitative estimate of drug-likeness (QED) is 0.894. The molecule has 3 rings (SSSR count). The first-order chi connectivity index (χ1) is 10.9. The largest absolute Gasteiger partial charge is 0.390 e. The van der Waals surface area contributed by atoms with Crippen LogP contribution < -0.4 is 5.32 Å². The van der Waals surface area contributed by atoms with Gasteiger partial charge in [0, 0.05) is 36.2 Å². The Bertz CT molecular complexity index is 682. The molecular weight excluding hydrogens is 326 g/mol. The van der Waals surface area contributed by atoms with Gasteiger partial charge in [-0.25, -0.2) is 18.4 Å². The lowest BCUT2D eigenvalue weighted by Crippen LogP contribution is -2.32. The molecule has 0 radical (unpaired) electrons. The van der Waals surface area contributed by atoms with Gasteiger partial charge < -0.3 is 10.4 Å². The average molecular weight is 343 g/mol. The lowest BCUT2D eigenvalue weighted by atomic mass is 9.92. The Morgan fingerprint density at radius 3 is 2.74 bits per heavy atom. The highest BCUT2D eigenvalue weighted by molar-refractivity contribution is 6.30. The second-order valence-electron chi connectivity index (χ2n) is 5.71. The molecule has 1 fully saturated rings. The fourth-order valence-electron chi connectivity index (χ4n) is 2.64. The van der Waals surface area contributed by atoms with Gasteiger partial charge in [0.25, 0.3) is 0 Å². The average Bonchev–Trinajstić information content (AvgIpc) is 2.98. The van der Waals surface area contributed by atoms with Crippen LogP contribution in [0.1, 0.15) is 31.4 Å². The van der Waals surface area contributed by atoms with Gasteiger partial charge in [0.2, 0.25) is 5.92 Å². The topological polar surface area (TPSA) is 63.0 Å². The minimum absolute atomic E-state index is 0.0425. The van der Waals surface area contributed by atoms with Crippen molar-refractivity contribution >= 4 is 17.4 Å². The van der Waals surface area contributed by atoms with Crippen molar-refractivity contribution in [2.24, 2.45) is 0 Å². The molecule has 5 nitrogen and oxygen atoms in total. The minimum Gasteiger partial charge on any atom is -0.390 e. The smallest absolute Gasteiger partial charge is 0.248 e. The summed E-state index contributed by atoms with van der Waals surface area (Å²) in [7, 11) is 0. The molecular formula is C15H17ClF2N4O. The third kappa shape index (κ3) is 3.97. The molecule has 1 saturated carbocycles. The van der Waals surface area contributed by atoms with Gasteiger partial charge in [-0.3, -0.25) is 0 Å². The van der Waals surface area contributed by atoms with Gasteiger partial charge in [0.05, 0.1) is 12.3 Å². The molecule has 124 valence electrons. The standard InChI is InChI=1S/C15H17ClF2N4O/c16-10-7-13(19-11-1-4-15(17,18)5-2-11)20-14(8-10)22-6-3-12(9-23)21-22/h3,6-8,11,23H,1-2,4-5,9H2,(H,19,20). The Hall–Kier alpha value is -1.73. The number of nitrogens with one attached hydrogen (secondary N) is 1. The van der Waals surface area contributed by atoms with Gasteiger partial charge in [0.1, 0.15) is 5.82 Å². The van der Waals surface area contributed by atoms with Crippen LogP contribution in [0.15, 0.2) is 24.4 Å². The van der Waals surface area contributed by atoms with Crippen LogP contribution in [0.5, 0.6) is 0 Å². The highest BCUT2D eigenvalue weighted by Crippen LogP contribution is 2.34. The predicted molar refractivity (Wildman–Crippen MR) is 83.1 cm³/mol. The van der Waals surface area contributed by atoms with Gasteiger partial charge in [-0.2, -0.15) is 5.10 Å². The van der Waals surface area contributed by atoms with Crippen LogP contribution in [0.25, 0.3) is 5.82 Å². The lowest BCUT2D eigenvalue weighted by molar-refractivity contribution is -0.0361. The maximum Gasteiger partial charge on any atom is 0.248 e. The molecule has 0 unspecified atom stereocenters. The zero-order valence-electron chi connectivity index (χ0n) is 12.3. The van der Waals surface area contributed by atoms with E-state index >= 15 is 0 Å². The summed E-state index contributed by atoms with van der Waals surface area (Å²) >= 11 is 6.11. The van der Waals surface area contributed by atoms with E-state index in [2.05, 4.69) is 15.4 Å². The van der Waals surface area contributed by atoms with Crippen LogP contribution in [0, 0.1) is 0 Å². The van der Waals surface area contributed by atoms with Crippen LogP contribution in [0.2, 0.25) is 5.02 Å². The second kappa shape index (κ2) is 6.41. The van der Waals surface area contributed by atoms with Crippen LogP contribution in [0.4, 0.5) is 14.6 Å². The molecule has 0 aliphatic heterocycles. The first-order valence-corrected chi connectivity index (χ1v) is 7.81. The van der Waals surface area contributed by atoms with Crippen LogP contribution in [-0.4, -0.2) is 31.8 Å². The van der Waals surface area contributed by atoms with Gasteiger partial charge >= 0.3 is 0 Å². The first-order valence-electron chi connectivity index (χ1n) is 7.43. The highest BCUT2D eigenvalue weighted by atomic mass is 35.5. The van der Waals surface area contributed by atoms with E-state index in [9.17, 15) is 8.78 Å². The van der Waals surface area contributed by atoms with Crippen molar-refractivity contribution < 1.29 is 13.9 Å². The highest BCUT2D eigenvalue weighted by Gasteiger charge is 2.34. The number of pyridine rings is 1. The maximum atomic E-state index is 13.2. The minimum atomic E-state index is -2.55. The van der Waals surface area contributed by atoms with E-state index in [0.29, 0.717) is 35.2 Å². The number of hydrogen-bond acceptors (Lipinski definition) is 4. The number of nitrogens with zero attached hydrogens (tertiary/aromatic N) is 3. The molecule has 23 heavy (non-hydrogen) atoms. The Morgan fingerprint density at radius 1 is 1.35 bits per heavy atom. The van der Waals surface area contributed by atoms with Crippen LogP contribution >= 0.6 is 11.6 Å². The number of rotatable bonds is 4. The summed E-state index contributed by atoms with van der Waals surface area (Å²) in [5.41, 5.74) is 0.524. The molecule has 2 aromatic heterocycles. The SMILES string of the molecule is OCc1ccn(-c2cc(Cl)cc(NC3CCC(F)(F)CC3)n2)n1. The molecule has 1 aliphatic rings. The van der Waals surface area contributed by atoms with Gasteiger partial charge in [0.15, 0.2) is 5.82 Å². The Kier molecular flexibility index (Phi) is 4.50. The third-order valence-corrected chi connectivity index (χ3v) is 4.10.